The fourth-order valence-corrected chi connectivity index (χ4v) is 3.02. The number of rotatable bonds is 3. The van der Waals surface area contributed by atoms with Crippen molar-refractivity contribution in [3.05, 3.63) is 66.0 Å². The number of hydrogen-bond donors (Lipinski definition) is 2. The van der Waals surface area contributed by atoms with E-state index in [-0.39, 0.29) is 6.04 Å². The molecule has 0 aliphatic heterocycles. The molecule has 0 spiro atoms. The number of pyridine rings is 1. The second-order valence-corrected chi connectivity index (χ2v) is 6.08. The highest BCUT2D eigenvalue weighted by Crippen LogP contribution is 2.28. The Balaban J connectivity index is 1.71. The molecule has 1 aromatic carbocycles. The molecule has 1 aliphatic rings. The predicted molar refractivity (Wildman–Crippen MR) is 91.6 cm³/mol. The molecule has 0 amide bonds. The zero-order valence-corrected chi connectivity index (χ0v) is 13.2. The average molecular weight is 306 g/mol. The van der Waals surface area contributed by atoms with E-state index in [2.05, 4.69) is 22.1 Å². The fourth-order valence-electron chi connectivity index (χ4n) is 3.02. The minimum Gasteiger partial charge on any atom is -0.376 e. The molecule has 2 N–H and O–H groups in total. The lowest BCUT2D eigenvalue weighted by atomic mass is 9.80. The van der Waals surface area contributed by atoms with Crippen molar-refractivity contribution in [3.63, 3.8) is 0 Å². The van der Waals surface area contributed by atoms with Gasteiger partial charge in [-0.25, -0.2) is 0 Å². The molecule has 0 radical (unpaired) electrons. The van der Waals surface area contributed by atoms with Gasteiger partial charge in [0.15, 0.2) is 0 Å². The van der Waals surface area contributed by atoms with Crippen LogP contribution in [-0.4, -0.2) is 21.7 Å². The summed E-state index contributed by atoms with van der Waals surface area (Å²) in [6.07, 6.45) is 7.43. The predicted octanol–water partition coefficient (Wildman–Crippen LogP) is 2.90. The maximum Gasteiger partial charge on any atom is 0.141 e. The first-order valence-corrected chi connectivity index (χ1v) is 8.19. The molecule has 23 heavy (non-hydrogen) atoms. The molecule has 1 aromatic heterocycles. The Morgan fingerprint density at radius 2 is 2.04 bits per heavy atom. The summed E-state index contributed by atoms with van der Waals surface area (Å²) in [5.74, 6) is 6.26. The summed E-state index contributed by atoms with van der Waals surface area (Å²) in [5.41, 5.74) is 1.10. The topological polar surface area (TPSA) is 45.1 Å². The van der Waals surface area contributed by atoms with E-state index in [9.17, 15) is 5.11 Å². The summed E-state index contributed by atoms with van der Waals surface area (Å²) in [6, 6.07) is 13.8. The van der Waals surface area contributed by atoms with E-state index >= 15 is 0 Å². The van der Waals surface area contributed by atoms with Crippen LogP contribution in [0, 0.1) is 11.8 Å². The molecule has 3 rings (SSSR count). The fraction of sp³-hybridized carbons (Fsp3) is 0.350. The van der Waals surface area contributed by atoms with Gasteiger partial charge in [0.25, 0.3) is 0 Å². The molecular weight excluding hydrogens is 284 g/mol. The molecule has 0 bridgehead atoms. The molecule has 0 saturated heterocycles. The number of nitrogens with zero attached hydrogens (tertiary/aromatic N) is 1. The normalized spacial score (nSPS) is 23.8. The number of benzene rings is 1. The van der Waals surface area contributed by atoms with E-state index in [1.54, 1.807) is 6.20 Å². The van der Waals surface area contributed by atoms with E-state index in [1.807, 2.05) is 48.7 Å². The Labute approximate surface area is 137 Å². The van der Waals surface area contributed by atoms with Gasteiger partial charge in [0, 0.05) is 30.5 Å². The summed E-state index contributed by atoms with van der Waals surface area (Å²) < 4.78 is 0. The van der Waals surface area contributed by atoms with E-state index < -0.39 is 5.60 Å². The molecule has 1 heterocycles. The van der Waals surface area contributed by atoms with Crippen molar-refractivity contribution in [1.82, 2.24) is 10.3 Å². The second kappa shape index (κ2) is 7.41. The van der Waals surface area contributed by atoms with Gasteiger partial charge in [-0.2, -0.15) is 0 Å². The Morgan fingerprint density at radius 3 is 2.83 bits per heavy atom. The van der Waals surface area contributed by atoms with Crippen molar-refractivity contribution in [2.75, 3.05) is 0 Å². The zero-order valence-electron chi connectivity index (χ0n) is 13.2. The van der Waals surface area contributed by atoms with Crippen LogP contribution in [-0.2, 0) is 6.54 Å². The molecule has 2 aromatic rings. The Hall–Kier alpha value is -2.15. The average Bonchev–Trinajstić information content (AvgIpc) is 2.61. The summed E-state index contributed by atoms with van der Waals surface area (Å²) >= 11 is 0. The van der Waals surface area contributed by atoms with Crippen LogP contribution < -0.4 is 5.32 Å². The lowest BCUT2D eigenvalue weighted by Gasteiger charge is -2.36. The summed E-state index contributed by atoms with van der Waals surface area (Å²) in [7, 11) is 0. The van der Waals surface area contributed by atoms with E-state index in [0.717, 1.165) is 36.8 Å². The lowest BCUT2D eigenvalue weighted by Crippen LogP contribution is -2.51. The first-order valence-electron chi connectivity index (χ1n) is 8.19. The van der Waals surface area contributed by atoms with Crippen molar-refractivity contribution in [3.8, 4) is 11.8 Å². The molecule has 1 fully saturated rings. The molecule has 1 aliphatic carbocycles. The Kier molecular flexibility index (Phi) is 5.07. The van der Waals surface area contributed by atoms with Crippen molar-refractivity contribution in [2.45, 2.75) is 43.9 Å². The molecule has 118 valence electrons. The summed E-state index contributed by atoms with van der Waals surface area (Å²) in [4.78, 5) is 4.13. The number of aliphatic hydroxyl groups is 1. The number of nitrogens with one attached hydrogen (secondary N) is 1. The second-order valence-electron chi connectivity index (χ2n) is 6.08. The highest BCUT2D eigenvalue weighted by molar-refractivity contribution is 5.37. The SMILES string of the molecule is O[C@@]1(C#Cc2ccccc2)CCCC[C@@H]1NCc1cccnc1. The van der Waals surface area contributed by atoms with Gasteiger partial charge < -0.3 is 10.4 Å². The smallest absolute Gasteiger partial charge is 0.141 e. The Bertz CT molecular complexity index is 675. The third kappa shape index (κ3) is 4.19. The zero-order chi connectivity index (χ0) is 16.0. The van der Waals surface area contributed by atoms with Crippen LogP contribution in [0.1, 0.15) is 36.8 Å². The van der Waals surface area contributed by atoms with Gasteiger partial charge in [-0.3, -0.25) is 4.98 Å². The van der Waals surface area contributed by atoms with E-state index in [4.69, 9.17) is 0 Å². The van der Waals surface area contributed by atoms with Gasteiger partial charge in [0.1, 0.15) is 5.60 Å². The highest BCUT2D eigenvalue weighted by Gasteiger charge is 2.37. The van der Waals surface area contributed by atoms with Crippen LogP contribution in [0.3, 0.4) is 0 Å². The van der Waals surface area contributed by atoms with Gasteiger partial charge in [0.2, 0.25) is 0 Å². The van der Waals surface area contributed by atoms with Crippen LogP contribution in [0.25, 0.3) is 0 Å². The minimum absolute atomic E-state index is 0.00679. The molecule has 3 heteroatoms. The third-order valence-electron chi connectivity index (χ3n) is 4.35. The minimum atomic E-state index is -0.962. The monoisotopic (exact) mass is 306 g/mol. The van der Waals surface area contributed by atoms with Gasteiger partial charge in [-0.15, -0.1) is 0 Å². The van der Waals surface area contributed by atoms with Crippen molar-refractivity contribution in [2.24, 2.45) is 0 Å². The van der Waals surface area contributed by atoms with Crippen LogP contribution in [0.5, 0.6) is 0 Å². The molecule has 3 nitrogen and oxygen atoms in total. The van der Waals surface area contributed by atoms with Gasteiger partial charge in [0.05, 0.1) is 0 Å². The van der Waals surface area contributed by atoms with Crippen molar-refractivity contribution < 1.29 is 5.11 Å². The Morgan fingerprint density at radius 1 is 1.17 bits per heavy atom. The van der Waals surface area contributed by atoms with Crippen LogP contribution in [0.4, 0.5) is 0 Å². The van der Waals surface area contributed by atoms with Gasteiger partial charge >= 0.3 is 0 Å². The summed E-state index contributed by atoms with van der Waals surface area (Å²) in [6.45, 7) is 0.702. The molecular formula is C20H22N2O. The first kappa shape index (κ1) is 15.7. The molecule has 2 atom stereocenters. The van der Waals surface area contributed by atoms with Crippen LogP contribution >= 0.6 is 0 Å². The van der Waals surface area contributed by atoms with Crippen LogP contribution in [0.15, 0.2) is 54.9 Å². The quantitative estimate of drug-likeness (QED) is 0.857. The van der Waals surface area contributed by atoms with Gasteiger partial charge in [-0.1, -0.05) is 42.5 Å². The number of hydrogen-bond acceptors (Lipinski definition) is 3. The summed E-state index contributed by atoms with van der Waals surface area (Å²) in [5, 5.41) is 14.5. The maximum absolute atomic E-state index is 11.0. The van der Waals surface area contributed by atoms with Crippen molar-refractivity contribution in [1.29, 1.82) is 0 Å². The highest BCUT2D eigenvalue weighted by atomic mass is 16.3. The van der Waals surface area contributed by atoms with E-state index in [1.165, 1.54) is 0 Å². The first-order chi connectivity index (χ1) is 11.3. The third-order valence-corrected chi connectivity index (χ3v) is 4.35. The lowest BCUT2D eigenvalue weighted by molar-refractivity contribution is 0.0254. The maximum atomic E-state index is 11.0. The standard InChI is InChI=1S/C20H22N2O/c23-20(13-11-17-7-2-1-3-8-17)12-5-4-10-19(20)22-16-18-9-6-14-21-15-18/h1-3,6-9,14-15,19,22-23H,4-5,10,12,16H2/t19-,20+/m0/s1. The van der Waals surface area contributed by atoms with Gasteiger partial charge in [-0.05, 0) is 43.0 Å². The van der Waals surface area contributed by atoms with Crippen molar-refractivity contribution >= 4 is 0 Å². The molecule has 1 saturated carbocycles. The van der Waals surface area contributed by atoms with Crippen LogP contribution in [0.2, 0.25) is 0 Å². The van der Waals surface area contributed by atoms with E-state index in [0.29, 0.717) is 6.54 Å². The molecule has 0 unspecified atom stereocenters. The number of aromatic nitrogens is 1. The largest absolute Gasteiger partial charge is 0.376 e.